The van der Waals surface area contributed by atoms with E-state index in [1.165, 1.54) is 0 Å². The maximum atomic E-state index is 11.9. The van der Waals surface area contributed by atoms with Gasteiger partial charge in [-0.1, -0.05) is 30.3 Å². The van der Waals surface area contributed by atoms with Crippen molar-refractivity contribution in [3.05, 3.63) is 42.0 Å². The van der Waals surface area contributed by atoms with Crippen LogP contribution in [-0.4, -0.2) is 35.6 Å². The van der Waals surface area contributed by atoms with Gasteiger partial charge in [0.15, 0.2) is 0 Å². The van der Waals surface area contributed by atoms with Crippen molar-refractivity contribution in [2.24, 2.45) is 5.92 Å². The minimum atomic E-state index is 0.0650. The highest BCUT2D eigenvalue weighted by Gasteiger charge is 2.20. The summed E-state index contributed by atoms with van der Waals surface area (Å²) in [6.45, 7) is 1.74. The number of benzene rings is 1. The van der Waals surface area contributed by atoms with Gasteiger partial charge in [-0.2, -0.15) is 0 Å². The number of rotatable bonds is 3. The van der Waals surface area contributed by atoms with Gasteiger partial charge in [0.05, 0.1) is 0 Å². The zero-order valence-corrected chi connectivity index (χ0v) is 10.5. The number of aliphatic hydroxyl groups excluding tert-OH is 1. The summed E-state index contributed by atoms with van der Waals surface area (Å²) in [5.41, 5.74) is 1.04. The molecule has 1 amide bonds. The van der Waals surface area contributed by atoms with Crippen molar-refractivity contribution < 1.29 is 9.90 Å². The fraction of sp³-hybridized carbons (Fsp3) is 0.400. The van der Waals surface area contributed by atoms with E-state index in [0.717, 1.165) is 31.5 Å². The summed E-state index contributed by atoms with van der Waals surface area (Å²) in [7, 11) is 0. The number of aliphatic hydroxyl groups is 1. The van der Waals surface area contributed by atoms with Crippen LogP contribution in [0.1, 0.15) is 18.4 Å². The first kappa shape index (κ1) is 12.8. The predicted molar refractivity (Wildman–Crippen MR) is 71.9 cm³/mol. The third-order valence-electron chi connectivity index (χ3n) is 3.40. The van der Waals surface area contributed by atoms with E-state index in [2.05, 4.69) is 0 Å². The Bertz CT molecular complexity index is 406. The summed E-state index contributed by atoms with van der Waals surface area (Å²) in [6.07, 6.45) is 5.29. The molecule has 0 unspecified atom stereocenters. The van der Waals surface area contributed by atoms with Crippen LogP contribution in [0.25, 0.3) is 6.08 Å². The van der Waals surface area contributed by atoms with Crippen LogP contribution in [0.3, 0.4) is 0 Å². The summed E-state index contributed by atoms with van der Waals surface area (Å²) in [5, 5.41) is 9.05. The molecule has 2 rings (SSSR count). The lowest BCUT2D eigenvalue weighted by molar-refractivity contribution is -0.127. The maximum Gasteiger partial charge on any atom is 0.246 e. The van der Waals surface area contributed by atoms with Gasteiger partial charge >= 0.3 is 0 Å². The molecule has 3 heteroatoms. The molecule has 96 valence electrons. The number of amides is 1. The van der Waals surface area contributed by atoms with Crippen molar-refractivity contribution in [3.63, 3.8) is 0 Å². The Labute approximate surface area is 108 Å². The monoisotopic (exact) mass is 245 g/mol. The number of hydrogen-bond acceptors (Lipinski definition) is 2. The van der Waals surface area contributed by atoms with Gasteiger partial charge in [0, 0.05) is 25.8 Å². The quantitative estimate of drug-likeness (QED) is 0.827. The van der Waals surface area contributed by atoms with Crippen LogP contribution in [0.4, 0.5) is 0 Å². The van der Waals surface area contributed by atoms with Gasteiger partial charge in [0.25, 0.3) is 0 Å². The summed E-state index contributed by atoms with van der Waals surface area (Å²) >= 11 is 0. The van der Waals surface area contributed by atoms with Crippen LogP contribution >= 0.6 is 0 Å². The van der Waals surface area contributed by atoms with E-state index in [1.54, 1.807) is 6.08 Å². The van der Waals surface area contributed by atoms with Crippen LogP contribution in [0, 0.1) is 5.92 Å². The predicted octanol–water partition coefficient (Wildman–Crippen LogP) is 1.93. The molecule has 1 aromatic carbocycles. The molecule has 1 aliphatic heterocycles. The van der Waals surface area contributed by atoms with E-state index < -0.39 is 0 Å². The maximum absolute atomic E-state index is 11.9. The molecule has 1 saturated heterocycles. The molecular formula is C15H19NO2. The molecule has 0 aliphatic carbocycles. The van der Waals surface area contributed by atoms with E-state index in [4.69, 9.17) is 5.11 Å². The lowest BCUT2D eigenvalue weighted by Gasteiger charge is -2.30. The van der Waals surface area contributed by atoms with Crippen LogP contribution in [0.15, 0.2) is 36.4 Å². The summed E-state index contributed by atoms with van der Waals surface area (Å²) < 4.78 is 0. The fourth-order valence-corrected chi connectivity index (χ4v) is 2.17. The molecule has 1 heterocycles. The average molecular weight is 245 g/mol. The van der Waals surface area contributed by atoms with E-state index in [1.807, 2.05) is 41.3 Å². The fourth-order valence-electron chi connectivity index (χ4n) is 2.17. The Morgan fingerprint density at radius 1 is 1.28 bits per heavy atom. The van der Waals surface area contributed by atoms with Crippen molar-refractivity contribution in [1.29, 1.82) is 0 Å². The van der Waals surface area contributed by atoms with Crippen molar-refractivity contribution in [2.45, 2.75) is 12.8 Å². The highest BCUT2D eigenvalue weighted by Crippen LogP contribution is 2.16. The largest absolute Gasteiger partial charge is 0.396 e. The van der Waals surface area contributed by atoms with Gasteiger partial charge in [-0.3, -0.25) is 4.79 Å². The molecule has 1 aromatic rings. The van der Waals surface area contributed by atoms with Gasteiger partial charge in [-0.05, 0) is 30.4 Å². The second-order valence-corrected chi connectivity index (χ2v) is 4.70. The van der Waals surface area contributed by atoms with Crippen LogP contribution in [0.5, 0.6) is 0 Å². The van der Waals surface area contributed by atoms with E-state index in [9.17, 15) is 4.79 Å². The van der Waals surface area contributed by atoms with Crippen LogP contribution in [0.2, 0.25) is 0 Å². The van der Waals surface area contributed by atoms with Crippen molar-refractivity contribution in [3.8, 4) is 0 Å². The van der Waals surface area contributed by atoms with Crippen LogP contribution < -0.4 is 0 Å². The zero-order chi connectivity index (χ0) is 12.8. The standard InChI is InChI=1S/C15H19NO2/c17-12-14-8-10-16(11-9-14)15(18)7-6-13-4-2-1-3-5-13/h1-7,14,17H,8-12H2/b7-6+. The van der Waals surface area contributed by atoms with Gasteiger partial charge < -0.3 is 10.0 Å². The minimum Gasteiger partial charge on any atom is -0.396 e. The Morgan fingerprint density at radius 2 is 1.94 bits per heavy atom. The SMILES string of the molecule is O=C(/C=C/c1ccccc1)N1CCC(CO)CC1. The molecule has 3 nitrogen and oxygen atoms in total. The van der Waals surface area contributed by atoms with Crippen molar-refractivity contribution >= 4 is 12.0 Å². The first-order chi connectivity index (χ1) is 8.79. The molecule has 1 fully saturated rings. The van der Waals surface area contributed by atoms with E-state index in [-0.39, 0.29) is 12.5 Å². The van der Waals surface area contributed by atoms with E-state index >= 15 is 0 Å². The van der Waals surface area contributed by atoms with Gasteiger partial charge in [-0.25, -0.2) is 0 Å². The molecule has 0 aromatic heterocycles. The van der Waals surface area contributed by atoms with Crippen molar-refractivity contribution in [2.75, 3.05) is 19.7 Å². The molecule has 1 N–H and O–H groups in total. The molecular weight excluding hydrogens is 226 g/mol. The number of carbonyl (C=O) groups excluding carboxylic acids is 1. The number of hydrogen-bond donors (Lipinski definition) is 1. The second kappa shape index (κ2) is 6.36. The summed E-state index contributed by atoms with van der Waals surface area (Å²) in [4.78, 5) is 13.8. The highest BCUT2D eigenvalue weighted by molar-refractivity contribution is 5.91. The molecule has 0 bridgehead atoms. The Morgan fingerprint density at radius 3 is 2.56 bits per heavy atom. The molecule has 18 heavy (non-hydrogen) atoms. The third kappa shape index (κ3) is 3.44. The van der Waals surface area contributed by atoms with Gasteiger partial charge in [-0.15, -0.1) is 0 Å². The highest BCUT2D eigenvalue weighted by atomic mass is 16.3. The molecule has 0 saturated carbocycles. The van der Waals surface area contributed by atoms with Gasteiger partial charge in [0.1, 0.15) is 0 Å². The first-order valence-electron chi connectivity index (χ1n) is 6.42. The average Bonchev–Trinajstić information content (AvgIpc) is 2.46. The Balaban J connectivity index is 1.87. The normalized spacial score (nSPS) is 17.3. The number of carbonyl (C=O) groups is 1. The third-order valence-corrected chi connectivity index (χ3v) is 3.40. The molecule has 1 aliphatic rings. The van der Waals surface area contributed by atoms with E-state index in [0.29, 0.717) is 5.92 Å². The number of likely N-dealkylation sites (tertiary alicyclic amines) is 1. The molecule has 0 radical (unpaired) electrons. The number of piperidine rings is 1. The van der Waals surface area contributed by atoms with Crippen molar-refractivity contribution in [1.82, 2.24) is 4.90 Å². The lowest BCUT2D eigenvalue weighted by Crippen LogP contribution is -2.38. The Kier molecular flexibility index (Phi) is 4.53. The van der Waals surface area contributed by atoms with Crippen LogP contribution in [-0.2, 0) is 4.79 Å². The number of nitrogens with zero attached hydrogens (tertiary/aromatic N) is 1. The Hall–Kier alpha value is -1.61. The topological polar surface area (TPSA) is 40.5 Å². The zero-order valence-electron chi connectivity index (χ0n) is 10.5. The van der Waals surface area contributed by atoms with Gasteiger partial charge in [0.2, 0.25) is 5.91 Å². The summed E-state index contributed by atoms with van der Waals surface area (Å²) in [6, 6.07) is 9.82. The molecule has 0 atom stereocenters. The minimum absolute atomic E-state index is 0.0650. The summed E-state index contributed by atoms with van der Waals surface area (Å²) in [5.74, 6) is 0.433. The first-order valence-corrected chi connectivity index (χ1v) is 6.42. The second-order valence-electron chi connectivity index (χ2n) is 4.70. The smallest absolute Gasteiger partial charge is 0.246 e. The molecule has 0 spiro atoms. The lowest BCUT2D eigenvalue weighted by atomic mass is 9.98.